The van der Waals surface area contributed by atoms with Gasteiger partial charge in [0.25, 0.3) is 0 Å². The van der Waals surface area contributed by atoms with E-state index in [1.165, 1.54) is 0 Å². The Morgan fingerprint density at radius 3 is 2.95 bits per heavy atom. The molecule has 1 atom stereocenters. The molecule has 0 saturated carbocycles. The van der Waals surface area contributed by atoms with Gasteiger partial charge in [0.15, 0.2) is 0 Å². The monoisotopic (exact) mass is 258 g/mol. The van der Waals surface area contributed by atoms with E-state index in [1.807, 2.05) is 18.2 Å². The first-order valence-corrected chi connectivity index (χ1v) is 6.16. The summed E-state index contributed by atoms with van der Waals surface area (Å²) in [5.74, 6) is -0.0945. The topological polar surface area (TPSA) is 76.1 Å². The van der Waals surface area contributed by atoms with Crippen LogP contribution in [0.25, 0.3) is 11.0 Å². The Morgan fingerprint density at radius 1 is 1.32 bits per heavy atom. The lowest BCUT2D eigenvalue weighted by Crippen LogP contribution is -2.48. The molecule has 19 heavy (non-hydrogen) atoms. The third kappa shape index (κ3) is 2.69. The van der Waals surface area contributed by atoms with Crippen LogP contribution in [0.1, 0.15) is 0 Å². The Morgan fingerprint density at radius 2 is 2.16 bits per heavy atom. The maximum Gasteiger partial charge on any atom is 0.243 e. The number of rotatable bonds is 2. The van der Waals surface area contributed by atoms with Gasteiger partial charge in [-0.2, -0.15) is 0 Å². The van der Waals surface area contributed by atoms with E-state index in [4.69, 9.17) is 4.74 Å². The zero-order valence-electron chi connectivity index (χ0n) is 10.3. The van der Waals surface area contributed by atoms with Crippen LogP contribution in [0, 0.1) is 0 Å². The van der Waals surface area contributed by atoms with Crippen molar-refractivity contribution in [2.24, 2.45) is 0 Å². The molecule has 6 heteroatoms. The van der Waals surface area contributed by atoms with Gasteiger partial charge in [0, 0.05) is 24.6 Å². The van der Waals surface area contributed by atoms with Crippen LogP contribution in [0.2, 0.25) is 0 Å². The fourth-order valence-corrected chi connectivity index (χ4v) is 2.00. The normalized spacial score (nSPS) is 19.3. The van der Waals surface area contributed by atoms with Crippen LogP contribution in [0.4, 0.5) is 5.69 Å². The Labute approximate surface area is 110 Å². The first kappa shape index (κ1) is 12.0. The van der Waals surface area contributed by atoms with E-state index in [9.17, 15) is 4.79 Å². The number of morpholine rings is 1. The van der Waals surface area contributed by atoms with E-state index in [-0.39, 0.29) is 11.9 Å². The molecule has 98 valence electrons. The summed E-state index contributed by atoms with van der Waals surface area (Å²) in [4.78, 5) is 20.4. The van der Waals surface area contributed by atoms with E-state index >= 15 is 0 Å². The van der Waals surface area contributed by atoms with Crippen molar-refractivity contribution in [3.05, 3.63) is 30.6 Å². The molecule has 1 fully saturated rings. The average Bonchev–Trinajstić information content (AvgIpc) is 2.48. The molecule has 1 unspecified atom stereocenters. The minimum absolute atomic E-state index is 0.0945. The van der Waals surface area contributed by atoms with Crippen LogP contribution in [0.3, 0.4) is 0 Å². The lowest BCUT2D eigenvalue weighted by molar-refractivity contribution is -0.120. The summed E-state index contributed by atoms with van der Waals surface area (Å²) in [5, 5.41) is 5.97. The number of fused-ring (bicyclic) bond motifs is 1. The van der Waals surface area contributed by atoms with E-state index in [2.05, 4.69) is 20.6 Å². The number of nitrogens with zero attached hydrogens (tertiary/aromatic N) is 2. The minimum atomic E-state index is -0.300. The van der Waals surface area contributed by atoms with Crippen LogP contribution >= 0.6 is 0 Å². The quantitative estimate of drug-likeness (QED) is 0.823. The predicted molar refractivity (Wildman–Crippen MR) is 70.8 cm³/mol. The number of aromatic nitrogens is 2. The molecule has 1 aromatic heterocycles. The molecule has 6 nitrogen and oxygen atoms in total. The second kappa shape index (κ2) is 5.29. The fourth-order valence-electron chi connectivity index (χ4n) is 2.00. The number of hydrogen-bond donors (Lipinski definition) is 2. The number of nitrogens with one attached hydrogen (secondary N) is 2. The van der Waals surface area contributed by atoms with Crippen molar-refractivity contribution in [2.75, 3.05) is 25.1 Å². The summed E-state index contributed by atoms with van der Waals surface area (Å²) < 4.78 is 5.27. The van der Waals surface area contributed by atoms with Gasteiger partial charge in [-0.3, -0.25) is 14.8 Å². The number of amides is 1. The molecule has 1 amide bonds. The van der Waals surface area contributed by atoms with Crippen LogP contribution < -0.4 is 10.6 Å². The predicted octanol–water partition coefficient (Wildman–Crippen LogP) is 0.557. The van der Waals surface area contributed by atoms with Gasteiger partial charge >= 0.3 is 0 Å². The molecule has 3 rings (SSSR count). The molecule has 0 aliphatic carbocycles. The van der Waals surface area contributed by atoms with Gasteiger partial charge in [0.05, 0.1) is 24.2 Å². The lowest BCUT2D eigenvalue weighted by atomic mass is 10.2. The maximum absolute atomic E-state index is 12.0. The molecule has 1 aromatic carbocycles. The van der Waals surface area contributed by atoms with Gasteiger partial charge in [-0.15, -0.1) is 0 Å². The third-order valence-corrected chi connectivity index (χ3v) is 2.98. The molecule has 0 radical (unpaired) electrons. The number of ether oxygens (including phenoxy) is 1. The van der Waals surface area contributed by atoms with Crippen molar-refractivity contribution >= 4 is 22.6 Å². The number of carbonyl (C=O) groups excluding carboxylic acids is 1. The Kier molecular flexibility index (Phi) is 3.35. The van der Waals surface area contributed by atoms with Gasteiger partial charge in [0.1, 0.15) is 6.04 Å². The Hall–Kier alpha value is -2.05. The number of benzene rings is 1. The molecular weight excluding hydrogens is 244 g/mol. The van der Waals surface area contributed by atoms with E-state index < -0.39 is 0 Å². The van der Waals surface area contributed by atoms with Crippen molar-refractivity contribution < 1.29 is 9.53 Å². The highest BCUT2D eigenvalue weighted by molar-refractivity contribution is 5.96. The number of anilines is 1. The summed E-state index contributed by atoms with van der Waals surface area (Å²) >= 11 is 0. The molecule has 0 bridgehead atoms. The van der Waals surface area contributed by atoms with E-state index in [0.717, 1.165) is 11.0 Å². The van der Waals surface area contributed by atoms with Crippen LogP contribution in [0.5, 0.6) is 0 Å². The molecule has 2 N–H and O–H groups in total. The highest BCUT2D eigenvalue weighted by Gasteiger charge is 2.21. The van der Waals surface area contributed by atoms with Crippen LogP contribution in [0.15, 0.2) is 30.6 Å². The highest BCUT2D eigenvalue weighted by atomic mass is 16.5. The molecule has 2 heterocycles. The molecule has 1 saturated heterocycles. The molecule has 2 aromatic rings. The Bertz CT molecular complexity index is 596. The van der Waals surface area contributed by atoms with Crippen LogP contribution in [-0.2, 0) is 9.53 Å². The summed E-state index contributed by atoms with van der Waals surface area (Å²) in [6, 6.07) is 5.16. The first-order valence-electron chi connectivity index (χ1n) is 6.16. The summed E-state index contributed by atoms with van der Waals surface area (Å²) in [7, 11) is 0. The van der Waals surface area contributed by atoms with Gasteiger partial charge in [0.2, 0.25) is 5.91 Å². The molecule has 1 aliphatic heterocycles. The average molecular weight is 258 g/mol. The maximum atomic E-state index is 12.0. The number of carbonyl (C=O) groups is 1. The summed E-state index contributed by atoms with van der Waals surface area (Å²) in [6.07, 6.45) is 3.27. The standard InChI is InChI=1S/C13H14N4O2/c18-13(12-8-19-6-5-16-12)17-9-1-2-10-11(7-9)15-4-3-14-10/h1-4,7,12,16H,5-6,8H2,(H,17,18). The SMILES string of the molecule is O=C(Nc1ccc2nccnc2c1)C1COCCN1. The van der Waals surface area contributed by atoms with Crippen molar-refractivity contribution in [3.63, 3.8) is 0 Å². The zero-order valence-corrected chi connectivity index (χ0v) is 10.3. The van der Waals surface area contributed by atoms with Crippen molar-refractivity contribution in [3.8, 4) is 0 Å². The molecule has 0 spiro atoms. The fraction of sp³-hybridized carbons (Fsp3) is 0.308. The van der Waals surface area contributed by atoms with Crippen molar-refractivity contribution in [2.45, 2.75) is 6.04 Å². The zero-order chi connectivity index (χ0) is 13.1. The summed E-state index contributed by atoms with van der Waals surface area (Å²) in [6.45, 7) is 1.75. The minimum Gasteiger partial charge on any atom is -0.378 e. The smallest absolute Gasteiger partial charge is 0.243 e. The van der Waals surface area contributed by atoms with Crippen molar-refractivity contribution in [1.29, 1.82) is 0 Å². The Balaban J connectivity index is 1.75. The lowest BCUT2D eigenvalue weighted by Gasteiger charge is -2.22. The van der Waals surface area contributed by atoms with Crippen LogP contribution in [-0.4, -0.2) is 41.7 Å². The second-order valence-corrected chi connectivity index (χ2v) is 4.33. The first-order chi connectivity index (χ1) is 9.33. The number of hydrogen-bond acceptors (Lipinski definition) is 5. The van der Waals surface area contributed by atoms with Gasteiger partial charge in [-0.05, 0) is 18.2 Å². The van der Waals surface area contributed by atoms with E-state index in [1.54, 1.807) is 12.4 Å². The van der Waals surface area contributed by atoms with Crippen molar-refractivity contribution in [1.82, 2.24) is 15.3 Å². The molecule has 1 aliphatic rings. The molecular formula is C13H14N4O2. The second-order valence-electron chi connectivity index (χ2n) is 4.33. The highest BCUT2D eigenvalue weighted by Crippen LogP contribution is 2.15. The summed E-state index contributed by atoms with van der Waals surface area (Å²) in [5.41, 5.74) is 2.28. The van der Waals surface area contributed by atoms with Gasteiger partial charge in [-0.1, -0.05) is 0 Å². The largest absolute Gasteiger partial charge is 0.378 e. The third-order valence-electron chi connectivity index (χ3n) is 2.98. The van der Waals surface area contributed by atoms with Gasteiger partial charge in [-0.25, -0.2) is 0 Å². The van der Waals surface area contributed by atoms with Gasteiger partial charge < -0.3 is 15.4 Å². The van der Waals surface area contributed by atoms with E-state index in [0.29, 0.717) is 25.4 Å².